The van der Waals surface area contributed by atoms with Crippen LogP contribution in [0.1, 0.15) is 42.1 Å². The standard InChI is InChI=1S/C15H21NO2/c1-11-3-8-14(9-11)16-15(17)13-6-4-12(5-7-13)10-18-2/h4-7,11,14H,3,8-10H2,1-2H3,(H,16,17). The van der Waals surface area contributed by atoms with Crippen molar-refractivity contribution in [1.29, 1.82) is 0 Å². The van der Waals surface area contributed by atoms with Crippen LogP contribution in [0.25, 0.3) is 0 Å². The average molecular weight is 247 g/mol. The second-order valence-electron chi connectivity index (χ2n) is 5.22. The highest BCUT2D eigenvalue weighted by molar-refractivity contribution is 5.94. The van der Waals surface area contributed by atoms with E-state index in [1.165, 1.54) is 6.42 Å². The summed E-state index contributed by atoms with van der Waals surface area (Å²) in [6, 6.07) is 7.96. The van der Waals surface area contributed by atoms with Gasteiger partial charge in [0, 0.05) is 18.7 Å². The van der Waals surface area contributed by atoms with E-state index in [-0.39, 0.29) is 5.91 Å². The summed E-state index contributed by atoms with van der Waals surface area (Å²) in [4.78, 5) is 12.0. The van der Waals surface area contributed by atoms with Crippen molar-refractivity contribution < 1.29 is 9.53 Å². The van der Waals surface area contributed by atoms with Crippen LogP contribution < -0.4 is 5.32 Å². The number of amides is 1. The molecule has 1 amide bonds. The Hall–Kier alpha value is -1.35. The van der Waals surface area contributed by atoms with Gasteiger partial charge < -0.3 is 10.1 Å². The van der Waals surface area contributed by atoms with Crippen molar-refractivity contribution in [3.05, 3.63) is 35.4 Å². The average Bonchev–Trinajstić information content (AvgIpc) is 2.76. The monoisotopic (exact) mass is 247 g/mol. The maximum Gasteiger partial charge on any atom is 0.251 e. The van der Waals surface area contributed by atoms with Crippen molar-refractivity contribution in [1.82, 2.24) is 5.32 Å². The predicted molar refractivity (Wildman–Crippen MR) is 71.4 cm³/mol. The third kappa shape index (κ3) is 3.33. The van der Waals surface area contributed by atoms with Crippen LogP contribution >= 0.6 is 0 Å². The molecule has 2 unspecified atom stereocenters. The molecule has 0 saturated heterocycles. The maximum atomic E-state index is 12.0. The van der Waals surface area contributed by atoms with Gasteiger partial charge in [0.1, 0.15) is 0 Å². The van der Waals surface area contributed by atoms with Crippen molar-refractivity contribution in [2.24, 2.45) is 5.92 Å². The molecule has 2 atom stereocenters. The van der Waals surface area contributed by atoms with Gasteiger partial charge in [-0.25, -0.2) is 0 Å². The van der Waals surface area contributed by atoms with E-state index in [0.717, 1.165) is 29.9 Å². The minimum absolute atomic E-state index is 0.0399. The molecule has 98 valence electrons. The number of rotatable bonds is 4. The first-order chi connectivity index (χ1) is 8.69. The molecule has 1 N–H and O–H groups in total. The molecular weight excluding hydrogens is 226 g/mol. The fourth-order valence-electron chi connectivity index (χ4n) is 2.53. The summed E-state index contributed by atoms with van der Waals surface area (Å²) >= 11 is 0. The third-order valence-electron chi connectivity index (χ3n) is 3.56. The van der Waals surface area contributed by atoms with E-state index in [2.05, 4.69) is 12.2 Å². The zero-order chi connectivity index (χ0) is 13.0. The highest BCUT2D eigenvalue weighted by atomic mass is 16.5. The van der Waals surface area contributed by atoms with E-state index in [0.29, 0.717) is 12.6 Å². The van der Waals surface area contributed by atoms with Gasteiger partial charge in [-0.1, -0.05) is 19.1 Å². The summed E-state index contributed by atoms with van der Waals surface area (Å²) in [6.45, 7) is 2.83. The molecule has 1 aromatic rings. The fraction of sp³-hybridized carbons (Fsp3) is 0.533. The van der Waals surface area contributed by atoms with Gasteiger partial charge in [-0.2, -0.15) is 0 Å². The fourth-order valence-corrected chi connectivity index (χ4v) is 2.53. The van der Waals surface area contributed by atoms with Crippen molar-refractivity contribution >= 4 is 5.91 Å². The van der Waals surface area contributed by atoms with Gasteiger partial charge in [-0.3, -0.25) is 4.79 Å². The van der Waals surface area contributed by atoms with Crippen LogP contribution in [0, 0.1) is 5.92 Å². The van der Waals surface area contributed by atoms with Crippen LogP contribution in [-0.4, -0.2) is 19.1 Å². The summed E-state index contributed by atoms with van der Waals surface area (Å²) in [5, 5.41) is 3.11. The summed E-state index contributed by atoms with van der Waals surface area (Å²) in [5.74, 6) is 0.775. The van der Waals surface area contributed by atoms with Gasteiger partial charge in [-0.15, -0.1) is 0 Å². The Morgan fingerprint density at radius 3 is 2.61 bits per heavy atom. The molecule has 1 saturated carbocycles. The Morgan fingerprint density at radius 1 is 1.33 bits per heavy atom. The van der Waals surface area contributed by atoms with Gasteiger partial charge in [0.05, 0.1) is 6.61 Å². The summed E-state index contributed by atoms with van der Waals surface area (Å²) in [6.07, 6.45) is 3.43. The van der Waals surface area contributed by atoms with Crippen LogP contribution in [0.4, 0.5) is 0 Å². The number of methoxy groups -OCH3 is 1. The smallest absolute Gasteiger partial charge is 0.251 e. The first-order valence-electron chi connectivity index (χ1n) is 6.57. The number of hydrogen-bond donors (Lipinski definition) is 1. The van der Waals surface area contributed by atoms with E-state index < -0.39 is 0 Å². The molecule has 18 heavy (non-hydrogen) atoms. The molecule has 3 heteroatoms. The topological polar surface area (TPSA) is 38.3 Å². The molecule has 3 nitrogen and oxygen atoms in total. The molecule has 1 aliphatic carbocycles. The first kappa shape index (κ1) is 13.1. The van der Waals surface area contributed by atoms with Gasteiger partial charge in [0.2, 0.25) is 0 Å². The minimum Gasteiger partial charge on any atom is -0.380 e. The third-order valence-corrected chi connectivity index (χ3v) is 3.56. The lowest BCUT2D eigenvalue weighted by molar-refractivity contribution is 0.0937. The summed E-state index contributed by atoms with van der Waals surface area (Å²) < 4.78 is 5.05. The summed E-state index contributed by atoms with van der Waals surface area (Å²) in [7, 11) is 1.67. The number of nitrogens with one attached hydrogen (secondary N) is 1. The number of hydrogen-bond acceptors (Lipinski definition) is 2. The van der Waals surface area contributed by atoms with Crippen molar-refractivity contribution in [3.63, 3.8) is 0 Å². The zero-order valence-corrected chi connectivity index (χ0v) is 11.1. The number of carbonyl (C=O) groups excluding carboxylic acids is 1. The molecule has 0 heterocycles. The second-order valence-corrected chi connectivity index (χ2v) is 5.22. The van der Waals surface area contributed by atoms with Crippen molar-refractivity contribution in [2.75, 3.05) is 7.11 Å². The van der Waals surface area contributed by atoms with E-state index >= 15 is 0 Å². The van der Waals surface area contributed by atoms with E-state index in [4.69, 9.17) is 4.74 Å². The Balaban J connectivity index is 1.92. The lowest BCUT2D eigenvalue weighted by atomic mass is 10.1. The molecule has 0 aliphatic heterocycles. The van der Waals surface area contributed by atoms with E-state index in [9.17, 15) is 4.79 Å². The quantitative estimate of drug-likeness (QED) is 0.888. The molecule has 0 bridgehead atoms. The zero-order valence-electron chi connectivity index (χ0n) is 11.1. The SMILES string of the molecule is COCc1ccc(C(=O)NC2CCC(C)C2)cc1. The number of benzene rings is 1. The molecule has 2 rings (SSSR count). The molecule has 1 aromatic carbocycles. The Morgan fingerprint density at radius 2 is 2.06 bits per heavy atom. The van der Waals surface area contributed by atoms with E-state index in [1.54, 1.807) is 7.11 Å². The Labute approximate surface area is 109 Å². The molecule has 1 fully saturated rings. The second kappa shape index (κ2) is 6.01. The van der Waals surface area contributed by atoms with Crippen molar-refractivity contribution in [3.8, 4) is 0 Å². The van der Waals surface area contributed by atoms with Gasteiger partial charge in [0.25, 0.3) is 5.91 Å². The predicted octanol–water partition coefficient (Wildman–Crippen LogP) is 2.75. The molecule has 1 aliphatic rings. The largest absolute Gasteiger partial charge is 0.380 e. The van der Waals surface area contributed by atoms with Crippen molar-refractivity contribution in [2.45, 2.75) is 38.8 Å². The van der Waals surface area contributed by atoms with Crippen LogP contribution in [0.5, 0.6) is 0 Å². The number of ether oxygens (including phenoxy) is 1. The Kier molecular flexibility index (Phi) is 4.37. The lowest BCUT2D eigenvalue weighted by Crippen LogP contribution is -2.32. The van der Waals surface area contributed by atoms with Gasteiger partial charge in [-0.05, 0) is 42.9 Å². The lowest BCUT2D eigenvalue weighted by Gasteiger charge is -2.12. The van der Waals surface area contributed by atoms with Gasteiger partial charge in [0.15, 0.2) is 0 Å². The Bertz CT molecular complexity index is 399. The highest BCUT2D eigenvalue weighted by Gasteiger charge is 2.22. The van der Waals surface area contributed by atoms with E-state index in [1.807, 2.05) is 24.3 Å². The number of carbonyl (C=O) groups is 1. The first-order valence-corrected chi connectivity index (χ1v) is 6.57. The minimum atomic E-state index is 0.0399. The maximum absolute atomic E-state index is 12.0. The molecule has 0 radical (unpaired) electrons. The molecule has 0 spiro atoms. The summed E-state index contributed by atoms with van der Waals surface area (Å²) in [5.41, 5.74) is 1.82. The molecular formula is C15H21NO2. The van der Waals surface area contributed by atoms with Crippen LogP contribution in [0.3, 0.4) is 0 Å². The molecule has 0 aromatic heterocycles. The highest BCUT2D eigenvalue weighted by Crippen LogP contribution is 2.24. The van der Waals surface area contributed by atoms with Crippen LogP contribution in [-0.2, 0) is 11.3 Å². The van der Waals surface area contributed by atoms with Crippen LogP contribution in [0.2, 0.25) is 0 Å². The van der Waals surface area contributed by atoms with Crippen LogP contribution in [0.15, 0.2) is 24.3 Å². The normalized spacial score (nSPS) is 23.0. The van der Waals surface area contributed by atoms with Gasteiger partial charge >= 0.3 is 0 Å².